The van der Waals surface area contributed by atoms with Gasteiger partial charge in [0.2, 0.25) is 0 Å². The number of ether oxygens (including phenoxy) is 1. The number of aromatic nitrogens is 1. The maximum atomic E-state index is 11.0. The maximum Gasteiger partial charge on any atom is 0.119 e. The highest BCUT2D eigenvalue weighted by Gasteiger charge is 2.24. The first-order valence-electron chi connectivity index (χ1n) is 10.8. The predicted octanol–water partition coefficient (Wildman–Crippen LogP) is 3.60. The molecule has 30 heavy (non-hydrogen) atoms. The van der Waals surface area contributed by atoms with E-state index in [1.807, 2.05) is 36.4 Å². The van der Waals surface area contributed by atoms with Crippen LogP contribution in [0.15, 0.2) is 53.3 Å². The number of fused-ring (bicyclic) bond motifs is 1. The Kier molecular flexibility index (Phi) is 7.00. The second-order valence-corrected chi connectivity index (χ2v) is 8.04. The van der Waals surface area contributed by atoms with Crippen molar-refractivity contribution >= 4 is 10.9 Å². The number of benzene rings is 1. The van der Waals surface area contributed by atoms with Crippen molar-refractivity contribution in [3.05, 3.63) is 60.2 Å². The van der Waals surface area contributed by atoms with Crippen molar-refractivity contribution in [1.29, 1.82) is 0 Å². The number of nitrogens with zero attached hydrogens (tertiary/aromatic N) is 1. The van der Waals surface area contributed by atoms with Crippen molar-refractivity contribution in [3.63, 3.8) is 0 Å². The monoisotopic (exact) mass is 409 g/mol. The highest BCUT2D eigenvalue weighted by Crippen LogP contribution is 2.30. The number of nitrogens with one attached hydrogen (secondary N) is 2. The van der Waals surface area contributed by atoms with Crippen molar-refractivity contribution in [1.82, 2.24) is 15.6 Å². The lowest BCUT2D eigenvalue weighted by Crippen LogP contribution is -2.46. The van der Waals surface area contributed by atoms with Gasteiger partial charge in [-0.15, -0.1) is 0 Å². The average Bonchev–Trinajstić information content (AvgIpc) is 3.30. The fourth-order valence-electron chi connectivity index (χ4n) is 4.36. The van der Waals surface area contributed by atoms with Gasteiger partial charge in [-0.1, -0.05) is 0 Å². The van der Waals surface area contributed by atoms with Crippen LogP contribution in [0.1, 0.15) is 43.1 Å². The van der Waals surface area contributed by atoms with Crippen LogP contribution >= 0.6 is 0 Å². The van der Waals surface area contributed by atoms with Crippen LogP contribution < -0.4 is 15.4 Å². The fourth-order valence-corrected chi connectivity index (χ4v) is 4.36. The molecule has 3 aromatic rings. The van der Waals surface area contributed by atoms with E-state index in [1.54, 1.807) is 19.6 Å². The maximum absolute atomic E-state index is 11.0. The third kappa shape index (κ3) is 5.19. The Bertz CT molecular complexity index is 929. The Morgan fingerprint density at radius 2 is 2.27 bits per heavy atom. The lowest BCUT2D eigenvalue weighted by Gasteiger charge is -2.32. The van der Waals surface area contributed by atoms with Crippen molar-refractivity contribution in [2.24, 2.45) is 0 Å². The molecule has 1 aliphatic heterocycles. The number of piperidine rings is 1. The summed E-state index contributed by atoms with van der Waals surface area (Å²) < 4.78 is 10.8. The van der Waals surface area contributed by atoms with Crippen LogP contribution in [0.3, 0.4) is 0 Å². The summed E-state index contributed by atoms with van der Waals surface area (Å²) >= 11 is 0. The molecule has 0 spiro atoms. The largest absolute Gasteiger partial charge is 0.497 e. The summed E-state index contributed by atoms with van der Waals surface area (Å²) in [6.45, 7) is 1.95. The molecule has 1 aliphatic rings. The second kappa shape index (κ2) is 10.1. The van der Waals surface area contributed by atoms with Gasteiger partial charge in [0.15, 0.2) is 0 Å². The molecule has 4 rings (SSSR count). The molecule has 0 aliphatic carbocycles. The minimum Gasteiger partial charge on any atom is -0.497 e. The molecule has 3 atom stereocenters. The number of furan rings is 1. The molecule has 1 fully saturated rings. The molecule has 3 heterocycles. The van der Waals surface area contributed by atoms with Crippen LogP contribution in [-0.2, 0) is 6.42 Å². The standard InChI is InChI=1S/C24H31N3O3/c1-29-20-6-7-23-22(16-20)21(9-12-27-23)24(28)15-18-14-17(8-11-26-18)25-10-2-4-19-5-3-13-30-19/h3,5-7,9,12-13,16-18,24-26,28H,2,4,8,10-11,14-15H2,1H3/t17?,18-,24?/m1/s1. The predicted molar refractivity (Wildman–Crippen MR) is 118 cm³/mol. The normalized spacial score (nSPS) is 20.3. The topological polar surface area (TPSA) is 79.6 Å². The van der Waals surface area contributed by atoms with Gasteiger partial charge in [0, 0.05) is 30.1 Å². The summed E-state index contributed by atoms with van der Waals surface area (Å²) in [6.07, 6.45) is 7.80. The van der Waals surface area contributed by atoms with E-state index in [-0.39, 0.29) is 6.04 Å². The van der Waals surface area contributed by atoms with E-state index < -0.39 is 6.10 Å². The van der Waals surface area contributed by atoms with Crippen molar-refractivity contribution in [2.45, 2.75) is 50.3 Å². The number of aliphatic hydroxyl groups excluding tert-OH is 1. The molecule has 6 nitrogen and oxygen atoms in total. The van der Waals surface area contributed by atoms with Crippen LogP contribution in [0, 0.1) is 0 Å². The average molecular weight is 410 g/mol. The molecule has 3 N–H and O–H groups in total. The Morgan fingerprint density at radius 3 is 3.10 bits per heavy atom. The lowest BCUT2D eigenvalue weighted by atomic mass is 9.92. The summed E-state index contributed by atoms with van der Waals surface area (Å²) in [5.74, 6) is 1.82. The highest BCUT2D eigenvalue weighted by molar-refractivity contribution is 5.83. The number of hydrogen-bond donors (Lipinski definition) is 3. The molecule has 2 unspecified atom stereocenters. The van der Waals surface area contributed by atoms with Gasteiger partial charge in [0.1, 0.15) is 11.5 Å². The molecule has 1 saturated heterocycles. The van der Waals surface area contributed by atoms with Crippen molar-refractivity contribution in [2.75, 3.05) is 20.2 Å². The Morgan fingerprint density at radius 1 is 1.33 bits per heavy atom. The molecule has 0 radical (unpaired) electrons. The van der Waals surface area contributed by atoms with Crippen LogP contribution in [-0.4, -0.2) is 42.4 Å². The number of aliphatic hydroxyl groups is 1. The quantitative estimate of drug-likeness (QED) is 0.469. The summed E-state index contributed by atoms with van der Waals surface area (Å²) in [7, 11) is 1.65. The second-order valence-electron chi connectivity index (χ2n) is 8.04. The number of aryl methyl sites for hydroxylation is 1. The molecule has 160 valence electrons. The molecular weight excluding hydrogens is 378 g/mol. The first-order valence-corrected chi connectivity index (χ1v) is 10.8. The fraction of sp³-hybridized carbons (Fsp3) is 0.458. The zero-order chi connectivity index (χ0) is 20.8. The molecule has 6 heteroatoms. The van der Waals surface area contributed by atoms with Gasteiger partial charge in [0.05, 0.1) is 25.0 Å². The highest BCUT2D eigenvalue weighted by atomic mass is 16.5. The van der Waals surface area contributed by atoms with Crippen LogP contribution in [0.4, 0.5) is 0 Å². The van der Waals surface area contributed by atoms with Gasteiger partial charge in [-0.05, 0) is 80.7 Å². The molecule has 1 aromatic carbocycles. The first-order chi connectivity index (χ1) is 14.7. The van der Waals surface area contributed by atoms with E-state index in [2.05, 4.69) is 15.6 Å². The minimum absolute atomic E-state index is 0.283. The minimum atomic E-state index is -0.544. The zero-order valence-electron chi connectivity index (χ0n) is 17.5. The Balaban J connectivity index is 1.32. The Hall–Kier alpha value is -2.41. The first kappa shape index (κ1) is 20.8. The van der Waals surface area contributed by atoms with E-state index in [4.69, 9.17) is 9.15 Å². The summed E-state index contributed by atoms with van der Waals surface area (Å²) in [4.78, 5) is 4.42. The van der Waals surface area contributed by atoms with Gasteiger partial charge >= 0.3 is 0 Å². The summed E-state index contributed by atoms with van der Waals surface area (Å²) in [5, 5.41) is 19.2. The van der Waals surface area contributed by atoms with Gasteiger partial charge < -0.3 is 24.9 Å². The van der Waals surface area contributed by atoms with E-state index in [1.165, 1.54) is 0 Å². The Labute approximate surface area is 177 Å². The summed E-state index contributed by atoms with van der Waals surface area (Å²) in [6, 6.07) is 12.4. The van der Waals surface area contributed by atoms with E-state index in [9.17, 15) is 5.11 Å². The lowest BCUT2D eigenvalue weighted by molar-refractivity contribution is 0.141. The molecule has 0 amide bonds. The number of hydrogen-bond acceptors (Lipinski definition) is 6. The van der Waals surface area contributed by atoms with E-state index in [0.29, 0.717) is 12.5 Å². The molecule has 0 saturated carbocycles. The smallest absolute Gasteiger partial charge is 0.119 e. The van der Waals surface area contributed by atoms with Gasteiger partial charge in [-0.3, -0.25) is 4.98 Å². The molecular formula is C24H31N3O3. The zero-order valence-corrected chi connectivity index (χ0v) is 17.5. The van der Waals surface area contributed by atoms with Crippen molar-refractivity contribution < 1.29 is 14.3 Å². The number of methoxy groups -OCH3 is 1. The molecule has 2 aromatic heterocycles. The SMILES string of the molecule is COc1ccc2nccc(C(O)C[C@H]3CC(NCCCc4ccco4)CCN3)c2c1. The van der Waals surface area contributed by atoms with Crippen LogP contribution in [0.5, 0.6) is 5.75 Å². The van der Waals surface area contributed by atoms with E-state index in [0.717, 1.165) is 66.7 Å². The summed E-state index contributed by atoms with van der Waals surface area (Å²) in [5.41, 5.74) is 1.79. The third-order valence-electron chi connectivity index (χ3n) is 5.96. The molecule has 0 bridgehead atoms. The number of pyridine rings is 1. The third-order valence-corrected chi connectivity index (χ3v) is 5.96. The van der Waals surface area contributed by atoms with Crippen LogP contribution in [0.2, 0.25) is 0 Å². The van der Waals surface area contributed by atoms with Crippen molar-refractivity contribution in [3.8, 4) is 5.75 Å². The van der Waals surface area contributed by atoms with E-state index >= 15 is 0 Å². The van der Waals surface area contributed by atoms with Crippen LogP contribution in [0.25, 0.3) is 10.9 Å². The van der Waals surface area contributed by atoms with Gasteiger partial charge in [-0.25, -0.2) is 0 Å². The van der Waals surface area contributed by atoms with Gasteiger partial charge in [0.25, 0.3) is 0 Å². The van der Waals surface area contributed by atoms with Gasteiger partial charge in [-0.2, -0.15) is 0 Å². The number of rotatable bonds is 9.